The van der Waals surface area contributed by atoms with E-state index in [1.807, 2.05) is 0 Å². The molecule has 0 spiro atoms. The summed E-state index contributed by atoms with van der Waals surface area (Å²) < 4.78 is 31.8. The smallest absolute Gasteiger partial charge is 0.273 e. The van der Waals surface area contributed by atoms with Crippen molar-refractivity contribution in [1.82, 2.24) is 5.32 Å². The zero-order valence-electron chi connectivity index (χ0n) is 13.8. The average molecular weight is 383 g/mol. The second-order valence-corrected chi connectivity index (χ2v) is 8.32. The van der Waals surface area contributed by atoms with Crippen LogP contribution in [0.15, 0.2) is 46.0 Å². The second-order valence-electron chi connectivity index (χ2n) is 5.18. The van der Waals surface area contributed by atoms with Crippen molar-refractivity contribution in [1.29, 1.82) is 0 Å². The molecule has 1 heterocycles. The van der Waals surface area contributed by atoms with E-state index in [-0.39, 0.29) is 16.7 Å². The van der Waals surface area contributed by atoms with Crippen molar-refractivity contribution < 1.29 is 17.9 Å². The van der Waals surface area contributed by atoms with Crippen molar-refractivity contribution >= 4 is 33.0 Å². The van der Waals surface area contributed by atoms with Gasteiger partial charge >= 0.3 is 0 Å². The molecule has 0 saturated heterocycles. The molecule has 0 unspecified atom stereocenters. The maximum absolute atomic E-state index is 12.5. The number of benzene rings is 1. The maximum Gasteiger partial charge on any atom is 0.273 e. The highest BCUT2D eigenvalue weighted by Crippen LogP contribution is 2.26. The summed E-state index contributed by atoms with van der Waals surface area (Å²) >= 11 is 1.17. The molecule has 7 nitrogen and oxygen atoms in total. The van der Waals surface area contributed by atoms with Gasteiger partial charge in [-0.25, -0.2) is 8.42 Å². The van der Waals surface area contributed by atoms with E-state index in [0.717, 1.165) is 0 Å². The lowest BCUT2D eigenvalue weighted by Gasteiger charge is -2.18. The van der Waals surface area contributed by atoms with Crippen molar-refractivity contribution in [2.24, 2.45) is 5.73 Å². The monoisotopic (exact) mass is 383 g/mol. The van der Waals surface area contributed by atoms with Crippen LogP contribution in [0.4, 0.5) is 5.69 Å². The maximum atomic E-state index is 12.5. The summed E-state index contributed by atoms with van der Waals surface area (Å²) in [6, 6.07) is 9.78. The fraction of sp³-hybridized carbons (Fsp3) is 0.312. The molecule has 2 aromatic rings. The van der Waals surface area contributed by atoms with Gasteiger partial charge in [0, 0.05) is 13.6 Å². The Morgan fingerprint density at radius 3 is 2.60 bits per heavy atom. The molecule has 0 aliphatic carbocycles. The van der Waals surface area contributed by atoms with Gasteiger partial charge in [-0.05, 0) is 48.7 Å². The van der Waals surface area contributed by atoms with Gasteiger partial charge in [0.1, 0.15) is 9.96 Å². The SMILES string of the molecule is CN(c1ccc(OCC(=O)NCCCN)cc1)S(=O)(=O)c1cccs1. The number of rotatable bonds is 9. The number of sulfonamides is 1. The summed E-state index contributed by atoms with van der Waals surface area (Å²) in [5.74, 6) is 0.259. The van der Waals surface area contributed by atoms with Crippen molar-refractivity contribution in [2.45, 2.75) is 10.6 Å². The Kier molecular flexibility index (Phi) is 6.80. The molecule has 1 aromatic carbocycles. The molecule has 0 radical (unpaired) electrons. The zero-order valence-corrected chi connectivity index (χ0v) is 15.5. The third-order valence-corrected chi connectivity index (χ3v) is 6.54. The first kappa shape index (κ1) is 19.2. The van der Waals surface area contributed by atoms with Gasteiger partial charge in [0.2, 0.25) is 0 Å². The van der Waals surface area contributed by atoms with Crippen LogP contribution in [0.3, 0.4) is 0 Å². The normalized spacial score (nSPS) is 11.1. The third-order valence-electron chi connectivity index (χ3n) is 3.38. The van der Waals surface area contributed by atoms with E-state index in [1.165, 1.54) is 22.7 Å². The molecule has 2 rings (SSSR count). The van der Waals surface area contributed by atoms with Crippen molar-refractivity contribution in [3.05, 3.63) is 41.8 Å². The molecule has 0 fully saturated rings. The van der Waals surface area contributed by atoms with Gasteiger partial charge in [-0.15, -0.1) is 11.3 Å². The Bertz CT molecular complexity index is 774. The quantitative estimate of drug-likeness (QED) is 0.638. The van der Waals surface area contributed by atoms with Crippen LogP contribution >= 0.6 is 11.3 Å². The lowest BCUT2D eigenvalue weighted by molar-refractivity contribution is -0.123. The Balaban J connectivity index is 1.94. The minimum absolute atomic E-state index is 0.104. The number of anilines is 1. The molecule has 9 heteroatoms. The predicted octanol–water partition coefficient (Wildman–Crippen LogP) is 1.42. The van der Waals surface area contributed by atoms with Gasteiger partial charge in [-0.1, -0.05) is 6.07 Å². The summed E-state index contributed by atoms with van der Waals surface area (Å²) in [5.41, 5.74) is 5.86. The molecular formula is C16H21N3O4S2. The summed E-state index contributed by atoms with van der Waals surface area (Å²) in [6.07, 6.45) is 0.714. The van der Waals surface area contributed by atoms with Crippen LogP contribution < -0.4 is 20.1 Å². The molecule has 0 atom stereocenters. The van der Waals surface area contributed by atoms with Crippen LogP contribution in [0, 0.1) is 0 Å². The molecule has 1 amide bonds. The van der Waals surface area contributed by atoms with Gasteiger partial charge in [-0.2, -0.15) is 0 Å². The van der Waals surface area contributed by atoms with Gasteiger partial charge in [0.15, 0.2) is 6.61 Å². The number of ether oxygens (including phenoxy) is 1. The standard InChI is InChI=1S/C16H21N3O4S2/c1-19(25(21,22)16-4-2-11-24-16)13-5-7-14(8-6-13)23-12-15(20)18-10-3-9-17/h2,4-8,11H,3,9-10,12,17H2,1H3,(H,18,20). The highest BCUT2D eigenvalue weighted by Gasteiger charge is 2.22. The van der Waals surface area contributed by atoms with Crippen LogP contribution in [0.25, 0.3) is 0 Å². The van der Waals surface area contributed by atoms with Gasteiger partial charge in [0.25, 0.3) is 15.9 Å². The Labute approximate surface area is 151 Å². The molecule has 0 saturated carbocycles. The second kappa shape index (κ2) is 8.84. The molecule has 136 valence electrons. The minimum atomic E-state index is -3.56. The highest BCUT2D eigenvalue weighted by atomic mass is 32.2. The van der Waals surface area contributed by atoms with E-state index < -0.39 is 10.0 Å². The summed E-state index contributed by atoms with van der Waals surface area (Å²) in [5, 5.41) is 4.41. The van der Waals surface area contributed by atoms with Crippen LogP contribution in [0.2, 0.25) is 0 Å². The first-order valence-electron chi connectivity index (χ1n) is 7.67. The number of nitrogens with one attached hydrogen (secondary N) is 1. The first-order valence-corrected chi connectivity index (χ1v) is 9.99. The number of thiophene rings is 1. The summed E-state index contributed by atoms with van der Waals surface area (Å²) in [6.45, 7) is 0.931. The van der Waals surface area contributed by atoms with Gasteiger partial charge in [0.05, 0.1) is 5.69 Å². The number of carbonyl (C=O) groups is 1. The lowest BCUT2D eigenvalue weighted by Crippen LogP contribution is -2.30. The fourth-order valence-corrected chi connectivity index (χ4v) is 4.32. The van der Waals surface area contributed by atoms with Crippen LogP contribution in [0.1, 0.15) is 6.42 Å². The Morgan fingerprint density at radius 1 is 1.28 bits per heavy atom. The number of hydrogen-bond acceptors (Lipinski definition) is 6. The largest absolute Gasteiger partial charge is 0.484 e. The van der Waals surface area contributed by atoms with Crippen molar-refractivity contribution in [2.75, 3.05) is 31.0 Å². The molecule has 3 N–H and O–H groups in total. The lowest BCUT2D eigenvalue weighted by atomic mass is 10.3. The molecular weight excluding hydrogens is 362 g/mol. The van der Waals surface area contributed by atoms with E-state index in [2.05, 4.69) is 5.32 Å². The number of nitrogens with zero attached hydrogens (tertiary/aromatic N) is 1. The molecule has 0 aliphatic rings. The van der Waals surface area contributed by atoms with E-state index in [1.54, 1.807) is 41.8 Å². The molecule has 1 aromatic heterocycles. The van der Waals surface area contributed by atoms with E-state index in [4.69, 9.17) is 10.5 Å². The van der Waals surface area contributed by atoms with Crippen molar-refractivity contribution in [3.63, 3.8) is 0 Å². The third kappa shape index (κ3) is 5.18. The van der Waals surface area contributed by atoms with Crippen molar-refractivity contribution in [3.8, 4) is 5.75 Å². The number of amides is 1. The Morgan fingerprint density at radius 2 is 2.00 bits per heavy atom. The van der Waals surface area contributed by atoms with Crippen LogP contribution in [0.5, 0.6) is 5.75 Å². The molecule has 0 aliphatic heterocycles. The van der Waals surface area contributed by atoms with E-state index in [0.29, 0.717) is 30.9 Å². The number of carbonyl (C=O) groups excluding carboxylic acids is 1. The van der Waals surface area contributed by atoms with Gasteiger partial charge < -0.3 is 15.8 Å². The zero-order chi connectivity index (χ0) is 18.3. The minimum Gasteiger partial charge on any atom is -0.484 e. The van der Waals surface area contributed by atoms with Gasteiger partial charge in [-0.3, -0.25) is 9.10 Å². The van der Waals surface area contributed by atoms with E-state index in [9.17, 15) is 13.2 Å². The summed E-state index contributed by atoms with van der Waals surface area (Å²) in [4.78, 5) is 11.6. The average Bonchev–Trinajstić information content (AvgIpc) is 3.15. The first-order chi connectivity index (χ1) is 11.9. The molecule has 0 bridgehead atoms. The molecule has 25 heavy (non-hydrogen) atoms. The fourth-order valence-electron chi connectivity index (χ4n) is 1.97. The highest BCUT2D eigenvalue weighted by molar-refractivity contribution is 7.94. The number of nitrogens with two attached hydrogens (primary N) is 1. The van der Waals surface area contributed by atoms with E-state index >= 15 is 0 Å². The number of hydrogen-bond donors (Lipinski definition) is 2. The van der Waals surface area contributed by atoms with Crippen LogP contribution in [-0.4, -0.2) is 41.1 Å². The van der Waals surface area contributed by atoms with Crippen LogP contribution in [-0.2, 0) is 14.8 Å². The summed E-state index contributed by atoms with van der Waals surface area (Å²) in [7, 11) is -2.07. The topological polar surface area (TPSA) is 102 Å². The Hall–Kier alpha value is -2.10. The predicted molar refractivity (Wildman–Crippen MR) is 98.5 cm³/mol.